The molecule has 2 N–H and O–H groups in total. The molecule has 0 saturated heterocycles. The number of allylic oxidation sites excluding steroid dienone is 2. The monoisotopic (exact) mass is 666 g/mol. The van der Waals surface area contributed by atoms with E-state index in [2.05, 4.69) is 202 Å². The third-order valence-corrected chi connectivity index (χ3v) is 11.0. The van der Waals surface area contributed by atoms with Crippen LogP contribution >= 0.6 is 0 Å². The number of para-hydroxylation sites is 3. The average Bonchev–Trinajstić information content (AvgIpc) is 3.74. The molecule has 246 valence electrons. The molecule has 0 radical (unpaired) electrons. The summed E-state index contributed by atoms with van der Waals surface area (Å²) in [6.45, 7) is 0. The first-order valence-electron chi connectivity index (χ1n) is 18.0. The molecule has 9 aromatic rings. The Balaban J connectivity index is 1.20. The average molecular weight is 667 g/mol. The standard InChI is InChI=1S/C48H34N4/c1-3-13-31(14-4-1)32-23-25-33(26-24-32)46-48(50-41-20-10-9-19-40(41)49-46)52-43-22-12-8-18-39(43)45-36-27-28-37-35-17-7-11-21-42(35)51(34-15-5-2-6-16-34)47(37)38(36)29-30-44(45)52/h1-30,40-41,49-50H. The molecule has 0 fully saturated rings. The highest BCUT2D eigenvalue weighted by Gasteiger charge is 2.30. The summed E-state index contributed by atoms with van der Waals surface area (Å²) in [5.41, 5.74) is 10.6. The van der Waals surface area contributed by atoms with Crippen LogP contribution in [0.15, 0.2) is 182 Å². The maximum atomic E-state index is 4.00. The van der Waals surface area contributed by atoms with Crippen molar-refractivity contribution in [1.29, 1.82) is 0 Å². The second-order valence-corrected chi connectivity index (χ2v) is 13.8. The highest BCUT2D eigenvalue weighted by Crippen LogP contribution is 2.43. The number of aromatic nitrogens is 2. The molecule has 0 bridgehead atoms. The predicted molar refractivity (Wildman–Crippen MR) is 218 cm³/mol. The van der Waals surface area contributed by atoms with Crippen LogP contribution in [0, 0.1) is 0 Å². The number of rotatable bonds is 4. The maximum Gasteiger partial charge on any atom is 0.136 e. The first kappa shape index (κ1) is 29.0. The SMILES string of the molecule is C1=CC2NC(c3ccc(-c4ccccc4)cc3)=C(n3c4ccccc4c4c5ccc6c7ccccc7n(-c7ccccc7)c6c5ccc43)NC2C=C1. The first-order chi connectivity index (χ1) is 25.8. The molecule has 4 nitrogen and oxygen atoms in total. The quantitative estimate of drug-likeness (QED) is 0.196. The van der Waals surface area contributed by atoms with Crippen molar-refractivity contribution in [2.75, 3.05) is 0 Å². The fraction of sp³-hybridized carbons (Fsp3) is 0.0417. The van der Waals surface area contributed by atoms with E-state index in [1.807, 2.05) is 0 Å². The lowest BCUT2D eigenvalue weighted by Crippen LogP contribution is -2.51. The summed E-state index contributed by atoms with van der Waals surface area (Å²) in [6.07, 6.45) is 8.79. The second-order valence-electron chi connectivity index (χ2n) is 13.8. The van der Waals surface area contributed by atoms with E-state index < -0.39 is 0 Å². The highest BCUT2D eigenvalue weighted by molar-refractivity contribution is 6.28. The van der Waals surface area contributed by atoms with Crippen molar-refractivity contribution in [3.8, 4) is 16.8 Å². The molecule has 1 aliphatic carbocycles. The molecule has 2 atom stereocenters. The molecule has 1 aliphatic heterocycles. The van der Waals surface area contributed by atoms with Crippen LogP contribution in [0.4, 0.5) is 0 Å². The number of hydrogen-bond acceptors (Lipinski definition) is 2. The molecule has 2 unspecified atom stereocenters. The first-order valence-corrected chi connectivity index (χ1v) is 18.0. The Morgan fingerprint density at radius 1 is 0.385 bits per heavy atom. The number of fused-ring (bicyclic) bond motifs is 10. The topological polar surface area (TPSA) is 33.9 Å². The lowest BCUT2D eigenvalue weighted by atomic mass is 9.97. The minimum Gasteiger partial charge on any atom is -0.373 e. The van der Waals surface area contributed by atoms with E-state index in [-0.39, 0.29) is 12.1 Å². The van der Waals surface area contributed by atoms with Crippen molar-refractivity contribution in [2.24, 2.45) is 0 Å². The van der Waals surface area contributed by atoms with Gasteiger partial charge in [-0.25, -0.2) is 0 Å². The van der Waals surface area contributed by atoms with Gasteiger partial charge in [0.05, 0.1) is 39.8 Å². The van der Waals surface area contributed by atoms with Crippen LogP contribution in [0.25, 0.3) is 82.7 Å². The lowest BCUT2D eigenvalue weighted by molar-refractivity contribution is 0.544. The summed E-state index contributed by atoms with van der Waals surface area (Å²) in [5.74, 6) is 1.05. The number of nitrogens with one attached hydrogen (secondary N) is 2. The largest absolute Gasteiger partial charge is 0.373 e. The number of hydrogen-bond donors (Lipinski definition) is 2. The highest BCUT2D eigenvalue weighted by atomic mass is 15.2. The van der Waals surface area contributed by atoms with Gasteiger partial charge in [-0.1, -0.05) is 152 Å². The van der Waals surface area contributed by atoms with Crippen LogP contribution in [-0.4, -0.2) is 21.2 Å². The van der Waals surface area contributed by atoms with Gasteiger partial charge in [0, 0.05) is 38.2 Å². The zero-order chi connectivity index (χ0) is 34.2. The van der Waals surface area contributed by atoms with Crippen LogP contribution in [0.2, 0.25) is 0 Å². The Morgan fingerprint density at radius 3 is 1.71 bits per heavy atom. The van der Waals surface area contributed by atoms with Crippen LogP contribution in [0.3, 0.4) is 0 Å². The summed E-state index contributed by atoms with van der Waals surface area (Å²) in [6, 6.07) is 57.5. The van der Waals surface area contributed by atoms with E-state index in [4.69, 9.17) is 0 Å². The molecule has 7 aromatic carbocycles. The van der Waals surface area contributed by atoms with E-state index in [1.165, 1.54) is 71.2 Å². The minimum absolute atomic E-state index is 0.116. The Kier molecular flexibility index (Phi) is 6.34. The van der Waals surface area contributed by atoms with Crippen LogP contribution in [-0.2, 0) is 0 Å². The van der Waals surface area contributed by atoms with E-state index >= 15 is 0 Å². The summed E-state index contributed by atoms with van der Waals surface area (Å²) < 4.78 is 4.88. The normalized spacial score (nSPS) is 16.9. The van der Waals surface area contributed by atoms with Gasteiger partial charge in [-0.15, -0.1) is 0 Å². The zero-order valence-corrected chi connectivity index (χ0v) is 28.4. The van der Waals surface area contributed by atoms with Crippen molar-refractivity contribution in [3.63, 3.8) is 0 Å². The van der Waals surface area contributed by atoms with Gasteiger partial charge in [0.2, 0.25) is 0 Å². The second kappa shape index (κ2) is 11.4. The molecule has 2 aromatic heterocycles. The molecule has 3 heterocycles. The predicted octanol–water partition coefficient (Wildman–Crippen LogP) is 11.1. The van der Waals surface area contributed by atoms with Crippen molar-refractivity contribution in [3.05, 3.63) is 188 Å². The fourth-order valence-electron chi connectivity index (χ4n) is 8.62. The molecular formula is C48H34N4. The van der Waals surface area contributed by atoms with Crippen molar-refractivity contribution in [1.82, 2.24) is 19.8 Å². The maximum absolute atomic E-state index is 4.00. The summed E-state index contributed by atoms with van der Waals surface area (Å²) in [4.78, 5) is 0. The van der Waals surface area contributed by atoms with Gasteiger partial charge < -0.3 is 15.2 Å². The molecular weight excluding hydrogens is 633 g/mol. The molecule has 0 spiro atoms. The third kappa shape index (κ3) is 4.28. The minimum atomic E-state index is 0.116. The molecule has 2 aliphatic rings. The van der Waals surface area contributed by atoms with Gasteiger partial charge in [0.15, 0.2) is 0 Å². The molecule has 0 saturated carbocycles. The Morgan fingerprint density at radius 2 is 0.942 bits per heavy atom. The zero-order valence-electron chi connectivity index (χ0n) is 28.4. The van der Waals surface area contributed by atoms with Gasteiger partial charge in [-0.2, -0.15) is 0 Å². The van der Waals surface area contributed by atoms with Crippen molar-refractivity contribution < 1.29 is 0 Å². The van der Waals surface area contributed by atoms with E-state index in [0.29, 0.717) is 0 Å². The summed E-state index contributed by atoms with van der Waals surface area (Å²) >= 11 is 0. The van der Waals surface area contributed by atoms with E-state index in [0.717, 1.165) is 17.1 Å². The Hall–Kier alpha value is -6.78. The number of benzene rings is 7. The molecule has 0 amide bonds. The van der Waals surface area contributed by atoms with Gasteiger partial charge in [-0.05, 0) is 46.8 Å². The third-order valence-electron chi connectivity index (χ3n) is 11.0. The Labute approximate surface area is 301 Å². The van der Waals surface area contributed by atoms with Crippen molar-refractivity contribution in [2.45, 2.75) is 12.1 Å². The number of nitrogens with zero attached hydrogens (tertiary/aromatic N) is 2. The van der Waals surface area contributed by atoms with Gasteiger partial charge >= 0.3 is 0 Å². The van der Waals surface area contributed by atoms with Crippen molar-refractivity contribution >= 4 is 65.9 Å². The Bertz CT molecular complexity index is 2940. The van der Waals surface area contributed by atoms with E-state index in [9.17, 15) is 0 Å². The van der Waals surface area contributed by atoms with Gasteiger partial charge in [-0.3, -0.25) is 4.57 Å². The lowest BCUT2D eigenvalue weighted by Gasteiger charge is -2.37. The molecule has 11 rings (SSSR count). The van der Waals surface area contributed by atoms with Gasteiger partial charge in [0.25, 0.3) is 0 Å². The summed E-state index contributed by atoms with van der Waals surface area (Å²) in [5, 5.41) is 15.5. The molecule has 4 heteroatoms. The van der Waals surface area contributed by atoms with Crippen LogP contribution < -0.4 is 10.6 Å². The smallest absolute Gasteiger partial charge is 0.136 e. The van der Waals surface area contributed by atoms with Gasteiger partial charge in [0.1, 0.15) is 5.82 Å². The van der Waals surface area contributed by atoms with E-state index in [1.54, 1.807) is 0 Å². The fourth-order valence-corrected chi connectivity index (χ4v) is 8.62. The van der Waals surface area contributed by atoms with Crippen LogP contribution in [0.5, 0.6) is 0 Å². The summed E-state index contributed by atoms with van der Waals surface area (Å²) in [7, 11) is 0. The molecule has 52 heavy (non-hydrogen) atoms. The van der Waals surface area contributed by atoms with Crippen LogP contribution in [0.1, 0.15) is 5.56 Å².